The van der Waals surface area contributed by atoms with E-state index in [4.69, 9.17) is 34.8 Å². The highest BCUT2D eigenvalue weighted by Crippen LogP contribution is 2.48. The van der Waals surface area contributed by atoms with Crippen molar-refractivity contribution in [3.8, 4) is 0 Å². The fourth-order valence-electron chi connectivity index (χ4n) is 2.08. The molecule has 5 heteroatoms. The van der Waals surface area contributed by atoms with Crippen LogP contribution < -0.4 is 5.32 Å². The third-order valence-electron chi connectivity index (χ3n) is 3.59. The van der Waals surface area contributed by atoms with Gasteiger partial charge in [0.25, 0.3) is 0 Å². The normalized spacial score (nSPS) is 16.2. The zero-order chi connectivity index (χ0) is 13.9. The molecule has 0 unspecified atom stereocenters. The number of benzene rings is 1. The maximum atomic E-state index is 11.9. The minimum atomic E-state index is 0.0132. The standard InChI is InChI=1S/C14H16Cl3NO/c15-6-5-14(3-4-14)9-18-13(19)8-10-1-2-11(16)12(17)7-10/h1-2,7H,3-6,8-9H2,(H,18,19). The van der Waals surface area contributed by atoms with Gasteiger partial charge in [-0.2, -0.15) is 0 Å². The van der Waals surface area contributed by atoms with Gasteiger partial charge in [0.1, 0.15) is 0 Å². The summed E-state index contributed by atoms with van der Waals surface area (Å²) < 4.78 is 0. The molecule has 1 aromatic carbocycles. The fourth-order valence-corrected chi connectivity index (χ4v) is 2.80. The van der Waals surface area contributed by atoms with Crippen molar-refractivity contribution in [3.05, 3.63) is 33.8 Å². The molecule has 0 atom stereocenters. The Morgan fingerprint density at radius 1 is 1.26 bits per heavy atom. The number of amides is 1. The lowest BCUT2D eigenvalue weighted by molar-refractivity contribution is -0.120. The Hall–Kier alpha value is -0.440. The number of nitrogens with one attached hydrogen (secondary N) is 1. The maximum absolute atomic E-state index is 11.9. The highest BCUT2D eigenvalue weighted by Gasteiger charge is 2.41. The first-order valence-corrected chi connectivity index (χ1v) is 7.60. The molecule has 0 spiro atoms. The van der Waals surface area contributed by atoms with Gasteiger partial charge in [0.2, 0.25) is 5.91 Å². The van der Waals surface area contributed by atoms with Crippen molar-refractivity contribution in [1.82, 2.24) is 5.32 Å². The molecule has 1 fully saturated rings. The molecule has 1 aromatic rings. The molecule has 0 aliphatic heterocycles. The van der Waals surface area contributed by atoms with Crippen molar-refractivity contribution in [3.63, 3.8) is 0 Å². The van der Waals surface area contributed by atoms with Gasteiger partial charge in [0.05, 0.1) is 16.5 Å². The summed E-state index contributed by atoms with van der Waals surface area (Å²) in [6, 6.07) is 5.26. The van der Waals surface area contributed by atoms with Crippen molar-refractivity contribution in [1.29, 1.82) is 0 Å². The van der Waals surface area contributed by atoms with Crippen LogP contribution in [-0.4, -0.2) is 18.3 Å². The first-order valence-electron chi connectivity index (χ1n) is 6.31. The van der Waals surface area contributed by atoms with E-state index in [0.29, 0.717) is 22.3 Å². The Labute approximate surface area is 128 Å². The zero-order valence-corrected chi connectivity index (χ0v) is 12.8. The first-order chi connectivity index (χ1) is 9.04. The predicted molar refractivity (Wildman–Crippen MR) is 80.2 cm³/mol. The highest BCUT2D eigenvalue weighted by atomic mass is 35.5. The maximum Gasteiger partial charge on any atom is 0.224 e. The van der Waals surface area contributed by atoms with Crippen LogP contribution in [0.1, 0.15) is 24.8 Å². The van der Waals surface area contributed by atoms with Crippen molar-refractivity contribution in [2.45, 2.75) is 25.7 Å². The van der Waals surface area contributed by atoms with Crippen LogP contribution >= 0.6 is 34.8 Å². The van der Waals surface area contributed by atoms with Gasteiger partial charge < -0.3 is 5.32 Å². The minimum Gasteiger partial charge on any atom is -0.355 e. The SMILES string of the molecule is O=C(Cc1ccc(Cl)c(Cl)c1)NCC1(CCCl)CC1. The molecule has 0 radical (unpaired) electrons. The molecule has 0 aromatic heterocycles. The van der Waals surface area contributed by atoms with Crippen LogP contribution in [0, 0.1) is 5.41 Å². The molecule has 1 N–H and O–H groups in total. The molecular formula is C14H16Cl3NO. The van der Waals surface area contributed by atoms with E-state index in [9.17, 15) is 4.79 Å². The number of halogens is 3. The van der Waals surface area contributed by atoms with Crippen LogP contribution in [0.2, 0.25) is 10.0 Å². The molecule has 0 saturated heterocycles. The van der Waals surface area contributed by atoms with Gasteiger partial charge >= 0.3 is 0 Å². The third-order valence-corrected chi connectivity index (χ3v) is 4.52. The number of hydrogen-bond acceptors (Lipinski definition) is 1. The van der Waals surface area contributed by atoms with Crippen LogP contribution in [0.3, 0.4) is 0 Å². The van der Waals surface area contributed by atoms with Crippen LogP contribution in [0.15, 0.2) is 18.2 Å². The average molecular weight is 321 g/mol. The number of rotatable bonds is 6. The lowest BCUT2D eigenvalue weighted by Gasteiger charge is -2.14. The topological polar surface area (TPSA) is 29.1 Å². The largest absolute Gasteiger partial charge is 0.355 e. The van der Waals surface area contributed by atoms with Crippen LogP contribution in [0.4, 0.5) is 0 Å². The Kier molecular flexibility index (Phi) is 4.99. The van der Waals surface area contributed by atoms with Crippen molar-refractivity contribution < 1.29 is 4.79 Å². The fraction of sp³-hybridized carbons (Fsp3) is 0.500. The summed E-state index contributed by atoms with van der Waals surface area (Å²) in [5.74, 6) is 0.669. The van der Waals surface area contributed by atoms with E-state index in [2.05, 4.69) is 5.32 Å². The van der Waals surface area contributed by atoms with Gasteiger partial charge in [-0.1, -0.05) is 29.3 Å². The third kappa shape index (κ3) is 4.27. The number of carbonyl (C=O) groups is 1. The van der Waals surface area contributed by atoms with E-state index >= 15 is 0 Å². The van der Waals surface area contributed by atoms with Gasteiger partial charge in [0, 0.05) is 12.4 Å². The molecule has 1 saturated carbocycles. The molecule has 1 aliphatic rings. The second-order valence-corrected chi connectivity index (χ2v) is 6.33. The monoisotopic (exact) mass is 319 g/mol. The Balaban J connectivity index is 1.82. The second-order valence-electron chi connectivity index (χ2n) is 5.14. The minimum absolute atomic E-state index is 0.0132. The summed E-state index contributed by atoms with van der Waals surface area (Å²) in [6.45, 7) is 0.722. The Morgan fingerprint density at radius 2 is 2.00 bits per heavy atom. The van der Waals surface area contributed by atoms with E-state index in [0.717, 1.165) is 31.4 Å². The van der Waals surface area contributed by atoms with E-state index in [1.807, 2.05) is 6.07 Å². The van der Waals surface area contributed by atoms with Crippen molar-refractivity contribution >= 4 is 40.7 Å². The van der Waals surface area contributed by atoms with Gasteiger partial charge in [-0.05, 0) is 42.4 Å². The van der Waals surface area contributed by atoms with E-state index < -0.39 is 0 Å². The molecule has 104 valence electrons. The zero-order valence-electron chi connectivity index (χ0n) is 10.5. The molecule has 2 nitrogen and oxygen atoms in total. The molecule has 1 aliphatic carbocycles. The number of alkyl halides is 1. The summed E-state index contributed by atoms with van der Waals surface area (Å²) in [5, 5.41) is 3.96. The van der Waals surface area contributed by atoms with Crippen molar-refractivity contribution in [2.24, 2.45) is 5.41 Å². The number of carbonyl (C=O) groups excluding carboxylic acids is 1. The highest BCUT2D eigenvalue weighted by molar-refractivity contribution is 6.42. The predicted octanol–water partition coefficient (Wildman–Crippen LogP) is 4.06. The average Bonchev–Trinajstić information content (AvgIpc) is 3.12. The summed E-state index contributed by atoms with van der Waals surface area (Å²) in [6.07, 6.45) is 3.62. The van der Waals surface area contributed by atoms with Crippen LogP contribution in [0.25, 0.3) is 0 Å². The molecular weight excluding hydrogens is 305 g/mol. The molecule has 0 bridgehead atoms. The molecule has 1 amide bonds. The lowest BCUT2D eigenvalue weighted by atomic mass is 10.0. The van der Waals surface area contributed by atoms with Gasteiger partial charge in [0.15, 0.2) is 0 Å². The van der Waals surface area contributed by atoms with Gasteiger partial charge in [-0.15, -0.1) is 11.6 Å². The smallest absolute Gasteiger partial charge is 0.224 e. The quantitative estimate of drug-likeness (QED) is 0.787. The molecule has 19 heavy (non-hydrogen) atoms. The van der Waals surface area contributed by atoms with Crippen molar-refractivity contribution in [2.75, 3.05) is 12.4 Å². The van der Waals surface area contributed by atoms with Crippen LogP contribution in [-0.2, 0) is 11.2 Å². The Morgan fingerprint density at radius 3 is 2.58 bits per heavy atom. The van der Waals surface area contributed by atoms with E-state index in [1.165, 1.54) is 0 Å². The van der Waals surface area contributed by atoms with Gasteiger partial charge in [-0.3, -0.25) is 4.79 Å². The van der Waals surface area contributed by atoms with Crippen LogP contribution in [0.5, 0.6) is 0 Å². The second kappa shape index (κ2) is 6.34. The summed E-state index contributed by atoms with van der Waals surface area (Å²) in [5.41, 5.74) is 1.13. The molecule has 2 rings (SSSR count). The summed E-state index contributed by atoms with van der Waals surface area (Å²) >= 11 is 17.5. The van der Waals surface area contributed by atoms with Gasteiger partial charge in [-0.25, -0.2) is 0 Å². The van der Waals surface area contributed by atoms with E-state index in [1.54, 1.807) is 12.1 Å². The summed E-state index contributed by atoms with van der Waals surface area (Å²) in [7, 11) is 0. The van der Waals surface area contributed by atoms with E-state index in [-0.39, 0.29) is 11.3 Å². The number of hydrogen-bond donors (Lipinski definition) is 1. The summed E-state index contributed by atoms with van der Waals surface area (Å²) in [4.78, 5) is 11.9. The lowest BCUT2D eigenvalue weighted by Crippen LogP contribution is -2.31. The molecule has 0 heterocycles. The first kappa shape index (κ1) is 15.0. The Bertz CT molecular complexity index is 472.